The van der Waals surface area contributed by atoms with Crippen LogP contribution in [0.3, 0.4) is 0 Å². The number of ether oxygens (including phenoxy) is 5. The monoisotopic (exact) mass is 833 g/mol. The Kier molecular flexibility index (Phi) is 15.3. The topological polar surface area (TPSA) is 200 Å². The van der Waals surface area contributed by atoms with Crippen molar-refractivity contribution in [1.82, 2.24) is 19.1 Å². The van der Waals surface area contributed by atoms with E-state index in [1.165, 1.54) is 20.8 Å². The van der Waals surface area contributed by atoms with E-state index in [4.69, 9.17) is 28.5 Å². The SMILES string of the molecule is CC[C@H]1OC(=O)[C@H](C)C(=O)[C@H](C)[C@@H](O[C@@H]2O[C@H](C)C[C@H](N(C)C)[C@H]2O)[C@@]2(C)C[C@@H](C)C(=NC(C)=O)[C@H](C)[C@@H](OCC(NOCc3ccc4nsnc4c3)CO2)[C@]1(C)O. The number of rotatable bonds is 8. The van der Waals surface area contributed by atoms with Crippen molar-refractivity contribution in [2.45, 2.75) is 148 Å². The van der Waals surface area contributed by atoms with Crippen molar-refractivity contribution in [2.75, 3.05) is 27.3 Å². The highest BCUT2D eigenvalue weighted by Crippen LogP contribution is 2.40. The van der Waals surface area contributed by atoms with E-state index in [1.807, 2.05) is 64.9 Å². The van der Waals surface area contributed by atoms with Gasteiger partial charge >= 0.3 is 5.97 Å². The summed E-state index contributed by atoms with van der Waals surface area (Å²) in [6, 6.07) is 4.70. The van der Waals surface area contributed by atoms with E-state index >= 15 is 0 Å². The fraction of sp³-hybridized carbons (Fsp3) is 0.756. The molecule has 3 saturated heterocycles. The van der Waals surface area contributed by atoms with Crippen LogP contribution in [0, 0.1) is 23.7 Å². The number of hydrogen-bond donors (Lipinski definition) is 3. The molecule has 3 aliphatic heterocycles. The average molecular weight is 834 g/mol. The maximum absolute atomic E-state index is 14.5. The van der Waals surface area contributed by atoms with Gasteiger partial charge in [-0.05, 0) is 84.7 Å². The fourth-order valence-corrected chi connectivity index (χ4v) is 9.38. The third kappa shape index (κ3) is 10.4. The van der Waals surface area contributed by atoms with Gasteiger partial charge in [-0.15, -0.1) is 0 Å². The van der Waals surface area contributed by atoms with Crippen molar-refractivity contribution < 1.29 is 53.1 Å². The highest BCUT2D eigenvalue weighted by molar-refractivity contribution is 7.00. The summed E-state index contributed by atoms with van der Waals surface area (Å²) in [5.41, 5.74) is 2.75. The summed E-state index contributed by atoms with van der Waals surface area (Å²) in [7, 11) is 3.74. The first-order valence-corrected chi connectivity index (χ1v) is 21.0. The molecule has 3 aliphatic rings. The molecule has 1 aromatic heterocycles. The molecule has 1 amide bonds. The second-order valence-corrected chi connectivity index (χ2v) is 17.6. The van der Waals surface area contributed by atoms with Gasteiger partial charge in [-0.2, -0.15) is 14.2 Å². The number of nitrogens with one attached hydrogen (secondary N) is 1. The number of aliphatic imine (C=N–C) groups is 1. The number of carbonyl (C=O) groups excluding carboxylic acids is 3. The van der Waals surface area contributed by atoms with E-state index in [2.05, 4.69) is 19.2 Å². The van der Waals surface area contributed by atoms with Crippen LogP contribution in [0.5, 0.6) is 0 Å². The highest BCUT2D eigenvalue weighted by atomic mass is 32.1. The van der Waals surface area contributed by atoms with Crippen LogP contribution in [0.15, 0.2) is 23.2 Å². The molecular weight excluding hydrogens is 771 g/mol. The molecule has 3 fully saturated rings. The van der Waals surface area contributed by atoms with Gasteiger partial charge in [0.15, 0.2) is 12.1 Å². The van der Waals surface area contributed by atoms with E-state index in [1.54, 1.807) is 13.8 Å². The average Bonchev–Trinajstić information content (AvgIpc) is 3.63. The normalized spacial score (nSPS) is 39.2. The number of carbonyl (C=O) groups is 3. The lowest BCUT2D eigenvalue weighted by Gasteiger charge is -2.47. The molecule has 2 aromatic rings. The molecule has 324 valence electrons. The van der Waals surface area contributed by atoms with Crippen LogP contribution in [-0.2, 0) is 49.5 Å². The Morgan fingerprint density at radius 2 is 1.79 bits per heavy atom. The van der Waals surface area contributed by atoms with E-state index in [0.29, 0.717) is 12.1 Å². The van der Waals surface area contributed by atoms with Crippen LogP contribution in [0.2, 0.25) is 0 Å². The number of esters is 1. The number of ketones is 1. The molecule has 0 aliphatic carbocycles. The first kappa shape index (κ1) is 46.2. The number of Topliss-reactive ketones (excluding diaryl/α,β-unsaturated/α-hetero) is 1. The lowest BCUT2D eigenvalue weighted by atomic mass is 9.73. The van der Waals surface area contributed by atoms with Gasteiger partial charge in [-0.3, -0.25) is 19.2 Å². The van der Waals surface area contributed by atoms with Crippen LogP contribution in [0.4, 0.5) is 0 Å². The molecule has 14 atom stereocenters. The number of aliphatic hydroxyl groups is 2. The number of hydrogen-bond acceptors (Lipinski definition) is 16. The molecule has 5 rings (SSSR count). The molecule has 0 spiro atoms. The number of benzene rings is 1. The van der Waals surface area contributed by atoms with Gasteiger partial charge in [0.25, 0.3) is 0 Å². The number of aromatic nitrogens is 2. The van der Waals surface area contributed by atoms with Crippen LogP contribution in [0.1, 0.15) is 87.1 Å². The molecule has 58 heavy (non-hydrogen) atoms. The molecule has 17 heteroatoms. The zero-order valence-corrected chi connectivity index (χ0v) is 36.5. The zero-order valence-electron chi connectivity index (χ0n) is 35.7. The summed E-state index contributed by atoms with van der Waals surface area (Å²) in [6.45, 7) is 15.3. The molecule has 0 saturated carbocycles. The van der Waals surface area contributed by atoms with E-state index in [9.17, 15) is 24.6 Å². The van der Waals surface area contributed by atoms with Gasteiger partial charge in [0.05, 0.1) is 61.5 Å². The van der Waals surface area contributed by atoms with Crippen molar-refractivity contribution in [1.29, 1.82) is 0 Å². The fourth-order valence-electron chi connectivity index (χ4n) is 8.86. The van der Waals surface area contributed by atoms with E-state index in [-0.39, 0.29) is 44.8 Å². The molecule has 1 unspecified atom stereocenters. The highest BCUT2D eigenvalue weighted by Gasteiger charge is 2.53. The lowest BCUT2D eigenvalue weighted by Crippen LogP contribution is -2.60. The molecular formula is C41H63N5O11S. The predicted octanol–water partition coefficient (Wildman–Crippen LogP) is 3.64. The minimum Gasteiger partial charge on any atom is -0.459 e. The van der Waals surface area contributed by atoms with Crippen molar-refractivity contribution in [3.63, 3.8) is 0 Å². The summed E-state index contributed by atoms with van der Waals surface area (Å²) >= 11 is 1.13. The summed E-state index contributed by atoms with van der Waals surface area (Å²) < 4.78 is 41.2. The van der Waals surface area contributed by atoms with Crippen LogP contribution in [-0.4, -0.2) is 135 Å². The Balaban J connectivity index is 1.63. The molecule has 0 radical (unpaired) electrons. The molecule has 3 N–H and O–H groups in total. The van der Waals surface area contributed by atoms with Gasteiger partial charge in [-0.25, -0.2) is 4.99 Å². The Labute approximate surface area is 345 Å². The van der Waals surface area contributed by atoms with Crippen molar-refractivity contribution in [3.05, 3.63) is 23.8 Å². The molecule has 4 heterocycles. The van der Waals surface area contributed by atoms with Crippen LogP contribution >= 0.6 is 11.7 Å². The number of cyclic esters (lactones) is 1. The number of hydroxylamine groups is 1. The van der Waals surface area contributed by atoms with Gasteiger partial charge in [0, 0.05) is 30.5 Å². The van der Waals surface area contributed by atoms with Crippen LogP contribution in [0.25, 0.3) is 11.0 Å². The van der Waals surface area contributed by atoms with E-state index < -0.39 is 89.3 Å². The smallest absolute Gasteiger partial charge is 0.316 e. The summed E-state index contributed by atoms with van der Waals surface area (Å²) in [5, 5.41) is 24.1. The molecule has 16 nitrogen and oxygen atoms in total. The van der Waals surface area contributed by atoms with Gasteiger partial charge < -0.3 is 38.8 Å². The Hall–Kier alpha value is -2.84. The minimum atomic E-state index is -1.82. The first-order valence-electron chi connectivity index (χ1n) is 20.3. The second kappa shape index (κ2) is 19.3. The number of aliphatic hydroxyl groups excluding tert-OH is 1. The van der Waals surface area contributed by atoms with Gasteiger partial charge in [0.2, 0.25) is 5.91 Å². The first-order chi connectivity index (χ1) is 27.3. The second-order valence-electron chi connectivity index (χ2n) is 17.1. The minimum absolute atomic E-state index is 0.0333. The number of amides is 1. The predicted molar refractivity (Wildman–Crippen MR) is 216 cm³/mol. The number of nitrogens with zero attached hydrogens (tertiary/aromatic N) is 4. The van der Waals surface area contributed by atoms with Crippen molar-refractivity contribution in [3.8, 4) is 0 Å². The summed E-state index contributed by atoms with van der Waals surface area (Å²) in [6.07, 6.45) is -4.91. The zero-order chi connectivity index (χ0) is 42.7. The maximum atomic E-state index is 14.5. The van der Waals surface area contributed by atoms with Gasteiger partial charge in [-0.1, -0.05) is 33.8 Å². The summed E-state index contributed by atoms with van der Waals surface area (Å²) in [5.74, 6) is -5.19. The van der Waals surface area contributed by atoms with Crippen molar-refractivity contribution in [2.24, 2.45) is 28.7 Å². The van der Waals surface area contributed by atoms with Crippen LogP contribution < -0.4 is 5.48 Å². The maximum Gasteiger partial charge on any atom is 0.316 e. The molecule has 2 bridgehead atoms. The van der Waals surface area contributed by atoms with E-state index in [0.717, 1.165) is 28.3 Å². The molecule has 1 aromatic carbocycles. The third-order valence-electron chi connectivity index (χ3n) is 12.0. The Morgan fingerprint density at radius 1 is 1.09 bits per heavy atom. The largest absolute Gasteiger partial charge is 0.459 e. The third-order valence-corrected chi connectivity index (χ3v) is 12.6. The number of likely N-dealkylation sites (N-methyl/N-ethyl adjacent to an activating group) is 1. The van der Waals surface area contributed by atoms with Crippen molar-refractivity contribution >= 4 is 46.1 Å². The number of fused-ring (bicyclic) bond motifs is 6. The standard InChI is InChI=1S/C41H63N5O11S/c1-12-32-41(9,51)37-23(4)33(42-26(7)47)21(2)17-40(8,53-20-28(19-52-37)43-54-18-27-13-14-29-30(16-27)45-58-44-29)36(24(5)34(48)25(6)38(50)56-32)57-39-35(49)31(46(10)11)15-22(3)55-39/h13-14,16,21-25,28,31-32,35-37,39,43,49,51H,12,15,17-20H2,1-11H3/t21-,22-,23+,24+,25-,28?,31+,32-,35-,36-,37-,39+,40-,41-/m1/s1. The Morgan fingerprint density at radius 3 is 2.47 bits per heavy atom. The summed E-state index contributed by atoms with van der Waals surface area (Å²) in [4.78, 5) is 53.7. The quantitative estimate of drug-likeness (QED) is 0.198. The Bertz CT molecular complexity index is 1770. The lowest BCUT2D eigenvalue weighted by molar-refractivity contribution is -0.298. The van der Waals surface area contributed by atoms with Gasteiger partial charge in [0.1, 0.15) is 34.8 Å².